The van der Waals surface area contributed by atoms with Crippen LogP contribution >= 0.6 is 11.3 Å². The van der Waals surface area contributed by atoms with Gasteiger partial charge in [-0.2, -0.15) is 5.10 Å². The summed E-state index contributed by atoms with van der Waals surface area (Å²) >= 11 is 1.68. The van der Waals surface area contributed by atoms with Gasteiger partial charge in [-0.1, -0.05) is 0 Å². The zero-order valence-corrected chi connectivity index (χ0v) is 15.0. The molecule has 6 nitrogen and oxygen atoms in total. The van der Waals surface area contributed by atoms with Crippen LogP contribution in [-0.4, -0.2) is 57.2 Å². The lowest BCUT2D eigenvalue weighted by Gasteiger charge is -2.41. The van der Waals surface area contributed by atoms with E-state index < -0.39 is 0 Å². The van der Waals surface area contributed by atoms with Gasteiger partial charge in [0.05, 0.1) is 12.0 Å². The van der Waals surface area contributed by atoms with E-state index in [1.165, 1.54) is 5.69 Å². The maximum atomic E-state index is 13.2. The van der Waals surface area contributed by atoms with Crippen LogP contribution in [0.15, 0.2) is 23.8 Å². The average Bonchev–Trinajstić information content (AvgIpc) is 3.27. The summed E-state index contributed by atoms with van der Waals surface area (Å²) in [6.45, 7) is 3.39. The molecule has 1 amide bonds. The Morgan fingerprint density at radius 2 is 2.25 bits per heavy atom. The van der Waals surface area contributed by atoms with Gasteiger partial charge in [-0.25, -0.2) is 4.98 Å². The van der Waals surface area contributed by atoms with Crippen LogP contribution in [0.1, 0.15) is 29.5 Å². The van der Waals surface area contributed by atoms with Crippen LogP contribution in [0.4, 0.5) is 0 Å². The maximum Gasteiger partial charge on any atom is 0.230 e. The topological polar surface area (TPSA) is 54.3 Å². The molecule has 7 heteroatoms. The molecule has 2 atom stereocenters. The molecule has 1 spiro atoms. The molecule has 2 aliphatic heterocycles. The Balaban J connectivity index is 1.68. The van der Waals surface area contributed by atoms with Crippen molar-refractivity contribution in [3.05, 3.63) is 34.5 Å². The van der Waals surface area contributed by atoms with Crippen LogP contribution in [-0.2, 0) is 18.4 Å². The molecule has 2 aromatic rings. The molecule has 0 aliphatic carbocycles. The van der Waals surface area contributed by atoms with Gasteiger partial charge >= 0.3 is 0 Å². The quantitative estimate of drug-likeness (QED) is 0.850. The lowest BCUT2D eigenvalue weighted by Crippen LogP contribution is -2.50. The number of thiazole rings is 1. The maximum absolute atomic E-state index is 13.2. The molecule has 2 aromatic heterocycles. The number of hydrogen-bond donors (Lipinski definition) is 0. The summed E-state index contributed by atoms with van der Waals surface area (Å²) in [5.74, 6) is 0.488. The van der Waals surface area contributed by atoms with Crippen molar-refractivity contribution in [2.45, 2.75) is 25.3 Å². The van der Waals surface area contributed by atoms with E-state index in [1.54, 1.807) is 11.3 Å². The van der Waals surface area contributed by atoms with Crippen LogP contribution in [0.3, 0.4) is 0 Å². The minimum Gasteiger partial charge on any atom is -0.345 e. The number of nitrogens with zero attached hydrogens (tertiary/aromatic N) is 5. The molecule has 4 rings (SSSR count). The molecule has 128 valence electrons. The van der Waals surface area contributed by atoms with E-state index in [9.17, 15) is 4.79 Å². The van der Waals surface area contributed by atoms with E-state index in [4.69, 9.17) is 0 Å². The standard InChI is InChI=1S/C17H23N5OS/c1-20-8-3-5-17(16(20)23)12-22(11-15-18-7-9-24-15)10-13(17)14-4-6-19-21(14)2/h4,6-7,9,13H,3,5,8,10-12H2,1-2H3/t13-,17+/m0/s1. The van der Waals surface area contributed by atoms with Crippen molar-refractivity contribution in [1.82, 2.24) is 24.6 Å². The Bertz CT molecular complexity index is 727. The number of aryl methyl sites for hydroxylation is 1. The smallest absolute Gasteiger partial charge is 0.230 e. The second-order valence-corrected chi connectivity index (χ2v) is 7.99. The summed E-state index contributed by atoms with van der Waals surface area (Å²) in [6, 6.07) is 2.07. The number of aromatic nitrogens is 3. The summed E-state index contributed by atoms with van der Waals surface area (Å²) in [5, 5.41) is 7.48. The van der Waals surface area contributed by atoms with Gasteiger partial charge < -0.3 is 4.90 Å². The Kier molecular flexibility index (Phi) is 3.92. The number of likely N-dealkylation sites (tertiary alicyclic amines) is 2. The molecular formula is C17H23N5OS. The first-order valence-corrected chi connectivity index (χ1v) is 9.32. The summed E-state index contributed by atoms with van der Waals surface area (Å²) in [6.07, 6.45) is 5.72. The largest absolute Gasteiger partial charge is 0.345 e. The molecule has 0 radical (unpaired) electrons. The minimum absolute atomic E-state index is 0.195. The minimum atomic E-state index is -0.321. The van der Waals surface area contributed by atoms with Crippen molar-refractivity contribution in [3.63, 3.8) is 0 Å². The fourth-order valence-electron chi connectivity index (χ4n) is 4.44. The third kappa shape index (κ3) is 2.46. The lowest BCUT2D eigenvalue weighted by molar-refractivity contribution is -0.145. The summed E-state index contributed by atoms with van der Waals surface area (Å²) in [5.41, 5.74) is 0.846. The number of rotatable bonds is 3. The summed E-state index contributed by atoms with van der Waals surface area (Å²) < 4.78 is 1.93. The van der Waals surface area contributed by atoms with Crippen molar-refractivity contribution in [2.75, 3.05) is 26.7 Å². The van der Waals surface area contributed by atoms with Crippen LogP contribution in [0.25, 0.3) is 0 Å². The first kappa shape index (κ1) is 15.8. The zero-order valence-electron chi connectivity index (χ0n) is 14.2. The van der Waals surface area contributed by atoms with Crippen molar-refractivity contribution in [1.29, 1.82) is 0 Å². The van der Waals surface area contributed by atoms with E-state index in [2.05, 4.69) is 21.0 Å². The monoisotopic (exact) mass is 345 g/mol. The van der Waals surface area contributed by atoms with Crippen LogP contribution in [0, 0.1) is 5.41 Å². The molecule has 4 heterocycles. The van der Waals surface area contributed by atoms with Gasteiger partial charge in [-0.05, 0) is 18.9 Å². The predicted molar refractivity (Wildman–Crippen MR) is 92.6 cm³/mol. The SMILES string of the molecule is CN1CCC[C@]2(CN(Cc3nccs3)C[C@H]2c2ccnn2C)C1=O. The number of carbonyl (C=O) groups is 1. The fourth-order valence-corrected chi connectivity index (χ4v) is 5.10. The van der Waals surface area contributed by atoms with Gasteiger partial charge in [0.15, 0.2) is 0 Å². The molecule has 2 fully saturated rings. The zero-order chi connectivity index (χ0) is 16.7. The highest BCUT2D eigenvalue weighted by Crippen LogP contribution is 2.49. The van der Waals surface area contributed by atoms with Crippen LogP contribution in [0.2, 0.25) is 0 Å². The average molecular weight is 345 g/mol. The van der Waals surface area contributed by atoms with E-state index in [1.807, 2.05) is 41.5 Å². The molecule has 2 saturated heterocycles. The number of amides is 1. The molecule has 24 heavy (non-hydrogen) atoms. The van der Waals surface area contributed by atoms with Gasteiger partial charge in [0.25, 0.3) is 0 Å². The van der Waals surface area contributed by atoms with Crippen LogP contribution < -0.4 is 0 Å². The molecule has 2 aliphatic rings. The first-order chi connectivity index (χ1) is 11.6. The van der Waals surface area contributed by atoms with Gasteiger partial charge in [0.2, 0.25) is 5.91 Å². The van der Waals surface area contributed by atoms with E-state index in [-0.39, 0.29) is 11.3 Å². The van der Waals surface area contributed by atoms with Gasteiger partial charge in [0.1, 0.15) is 5.01 Å². The van der Waals surface area contributed by atoms with Gasteiger partial charge in [-0.3, -0.25) is 14.4 Å². The Hall–Kier alpha value is -1.73. The summed E-state index contributed by atoms with van der Waals surface area (Å²) in [7, 11) is 3.91. The highest BCUT2D eigenvalue weighted by Gasteiger charge is 2.55. The Labute approximate surface area is 146 Å². The third-order valence-electron chi connectivity index (χ3n) is 5.56. The van der Waals surface area contributed by atoms with Gasteiger partial charge in [0, 0.05) is 63.1 Å². The van der Waals surface area contributed by atoms with Crippen LogP contribution in [0.5, 0.6) is 0 Å². The van der Waals surface area contributed by atoms with Crippen molar-refractivity contribution in [2.24, 2.45) is 12.5 Å². The second kappa shape index (κ2) is 5.97. The molecule has 0 aromatic carbocycles. The lowest BCUT2D eigenvalue weighted by atomic mass is 9.70. The van der Waals surface area contributed by atoms with E-state index in [0.717, 1.165) is 44.0 Å². The highest BCUT2D eigenvalue weighted by atomic mass is 32.1. The number of hydrogen-bond acceptors (Lipinski definition) is 5. The van der Waals surface area contributed by atoms with Crippen molar-refractivity contribution < 1.29 is 4.79 Å². The Morgan fingerprint density at radius 3 is 2.96 bits per heavy atom. The van der Waals surface area contributed by atoms with Crippen molar-refractivity contribution in [3.8, 4) is 0 Å². The molecule has 0 unspecified atom stereocenters. The molecule has 0 bridgehead atoms. The molecule has 0 saturated carbocycles. The fraction of sp³-hybridized carbons (Fsp3) is 0.588. The Morgan fingerprint density at radius 1 is 1.38 bits per heavy atom. The number of piperidine rings is 1. The predicted octanol–water partition coefficient (Wildman–Crippen LogP) is 1.71. The summed E-state index contributed by atoms with van der Waals surface area (Å²) in [4.78, 5) is 21.9. The third-order valence-corrected chi connectivity index (χ3v) is 6.33. The van der Waals surface area contributed by atoms with Crippen molar-refractivity contribution >= 4 is 17.2 Å². The second-order valence-electron chi connectivity index (χ2n) is 7.01. The van der Waals surface area contributed by atoms with Gasteiger partial charge in [-0.15, -0.1) is 11.3 Å². The number of carbonyl (C=O) groups excluding carboxylic acids is 1. The normalized spacial score (nSPS) is 28.2. The molecule has 0 N–H and O–H groups in total. The van der Waals surface area contributed by atoms with E-state index >= 15 is 0 Å². The highest BCUT2D eigenvalue weighted by molar-refractivity contribution is 7.09. The van der Waals surface area contributed by atoms with E-state index in [0.29, 0.717) is 5.91 Å². The molecular weight excluding hydrogens is 322 g/mol. The first-order valence-electron chi connectivity index (χ1n) is 8.44.